The van der Waals surface area contributed by atoms with Crippen molar-refractivity contribution in [3.8, 4) is 0 Å². The number of hydrogen-bond acceptors (Lipinski definition) is 2. The Morgan fingerprint density at radius 3 is 2.22 bits per heavy atom. The third-order valence-corrected chi connectivity index (χ3v) is 4.16. The van der Waals surface area contributed by atoms with Gasteiger partial charge in [-0.05, 0) is 24.7 Å². The van der Waals surface area contributed by atoms with E-state index in [0.717, 1.165) is 12.8 Å². The van der Waals surface area contributed by atoms with Gasteiger partial charge in [0.25, 0.3) is 0 Å². The molecule has 0 aliphatic heterocycles. The van der Waals surface area contributed by atoms with Crippen molar-refractivity contribution in [3.05, 3.63) is 0 Å². The monoisotopic (exact) mass is 255 g/mol. The van der Waals surface area contributed by atoms with Crippen LogP contribution in [0.2, 0.25) is 0 Å². The van der Waals surface area contributed by atoms with Crippen molar-refractivity contribution in [1.29, 1.82) is 0 Å². The first-order chi connectivity index (χ1) is 8.43. The first-order valence-corrected chi connectivity index (χ1v) is 6.94. The molecule has 3 atom stereocenters. The molecule has 0 aromatic heterocycles. The van der Waals surface area contributed by atoms with Crippen molar-refractivity contribution in [3.63, 3.8) is 0 Å². The molecule has 0 saturated heterocycles. The van der Waals surface area contributed by atoms with Crippen LogP contribution in [-0.4, -0.2) is 23.5 Å². The normalized spacial score (nSPS) is 25.8. The second kappa shape index (κ2) is 6.76. The number of hydrogen-bond donors (Lipinski definition) is 2. The Balaban J connectivity index is 2.51. The molecule has 0 aromatic rings. The smallest absolute Gasteiger partial charge is 0.307 e. The molecule has 1 fully saturated rings. The predicted molar refractivity (Wildman–Crippen MR) is 70.1 cm³/mol. The summed E-state index contributed by atoms with van der Waals surface area (Å²) in [5.41, 5.74) is 0. The van der Waals surface area contributed by atoms with E-state index in [-0.39, 0.29) is 11.8 Å². The van der Waals surface area contributed by atoms with E-state index in [4.69, 9.17) is 5.11 Å². The van der Waals surface area contributed by atoms with E-state index in [0.29, 0.717) is 31.2 Å². The van der Waals surface area contributed by atoms with Crippen LogP contribution in [0.1, 0.15) is 46.5 Å². The number of amides is 1. The SMILES string of the molecule is CC(C)C(C)CNC(=O)[C@@H]1CCCC[C@@H]1C(=O)O. The molecule has 1 unspecified atom stereocenters. The minimum atomic E-state index is -0.827. The van der Waals surface area contributed by atoms with Gasteiger partial charge >= 0.3 is 5.97 Å². The van der Waals surface area contributed by atoms with Crippen LogP contribution >= 0.6 is 0 Å². The Hall–Kier alpha value is -1.06. The molecule has 2 N–H and O–H groups in total. The van der Waals surface area contributed by atoms with Crippen molar-refractivity contribution in [2.45, 2.75) is 46.5 Å². The van der Waals surface area contributed by atoms with E-state index in [1.165, 1.54) is 0 Å². The van der Waals surface area contributed by atoms with Crippen molar-refractivity contribution in [1.82, 2.24) is 5.32 Å². The third-order valence-electron chi connectivity index (χ3n) is 4.16. The number of carboxylic acid groups (broad SMARTS) is 1. The number of nitrogens with one attached hydrogen (secondary N) is 1. The maximum atomic E-state index is 12.1. The summed E-state index contributed by atoms with van der Waals surface area (Å²) in [5, 5.41) is 12.1. The molecule has 0 heterocycles. The Morgan fingerprint density at radius 1 is 1.17 bits per heavy atom. The highest BCUT2D eigenvalue weighted by atomic mass is 16.4. The van der Waals surface area contributed by atoms with Crippen LogP contribution in [0.25, 0.3) is 0 Å². The highest BCUT2D eigenvalue weighted by Crippen LogP contribution is 2.30. The summed E-state index contributed by atoms with van der Waals surface area (Å²) in [4.78, 5) is 23.2. The molecule has 4 nitrogen and oxygen atoms in total. The summed E-state index contributed by atoms with van der Waals surface area (Å²) >= 11 is 0. The number of carbonyl (C=O) groups excluding carboxylic acids is 1. The zero-order chi connectivity index (χ0) is 13.7. The number of aliphatic carboxylic acids is 1. The molecule has 1 aliphatic carbocycles. The van der Waals surface area contributed by atoms with Crippen LogP contribution in [0.5, 0.6) is 0 Å². The molecule has 4 heteroatoms. The molecule has 0 spiro atoms. The summed E-state index contributed by atoms with van der Waals surface area (Å²) in [7, 11) is 0. The number of carbonyl (C=O) groups is 2. The van der Waals surface area contributed by atoms with E-state index in [1.54, 1.807) is 0 Å². The molecular weight excluding hydrogens is 230 g/mol. The fraction of sp³-hybridized carbons (Fsp3) is 0.857. The molecule has 0 aromatic carbocycles. The molecule has 0 bridgehead atoms. The molecule has 18 heavy (non-hydrogen) atoms. The topological polar surface area (TPSA) is 66.4 Å². The highest BCUT2D eigenvalue weighted by Gasteiger charge is 2.35. The number of carboxylic acids is 1. The van der Waals surface area contributed by atoms with Crippen LogP contribution in [-0.2, 0) is 9.59 Å². The van der Waals surface area contributed by atoms with E-state index < -0.39 is 11.9 Å². The predicted octanol–water partition coefficient (Wildman–Crippen LogP) is 2.29. The van der Waals surface area contributed by atoms with E-state index in [9.17, 15) is 9.59 Å². The van der Waals surface area contributed by atoms with Crippen molar-refractivity contribution in [2.75, 3.05) is 6.54 Å². The van der Waals surface area contributed by atoms with Crippen molar-refractivity contribution in [2.24, 2.45) is 23.7 Å². The summed E-state index contributed by atoms with van der Waals surface area (Å²) in [5.74, 6) is -0.794. The van der Waals surface area contributed by atoms with Crippen LogP contribution in [0, 0.1) is 23.7 Å². The van der Waals surface area contributed by atoms with Crippen LogP contribution < -0.4 is 5.32 Å². The van der Waals surface area contributed by atoms with Crippen LogP contribution in [0.15, 0.2) is 0 Å². The summed E-state index contributed by atoms with van der Waals surface area (Å²) in [6.45, 7) is 6.98. The minimum absolute atomic E-state index is 0.0744. The zero-order valence-corrected chi connectivity index (χ0v) is 11.6. The average Bonchev–Trinajstić information content (AvgIpc) is 2.35. The van der Waals surface area contributed by atoms with E-state index >= 15 is 0 Å². The van der Waals surface area contributed by atoms with Gasteiger partial charge in [-0.25, -0.2) is 0 Å². The largest absolute Gasteiger partial charge is 0.481 e. The summed E-state index contributed by atoms with van der Waals surface area (Å²) < 4.78 is 0. The molecule has 1 aliphatic rings. The van der Waals surface area contributed by atoms with E-state index in [1.807, 2.05) is 0 Å². The molecule has 1 rings (SSSR count). The first-order valence-electron chi connectivity index (χ1n) is 6.94. The standard InChI is InChI=1S/C14H25NO3/c1-9(2)10(3)8-15-13(16)11-6-4-5-7-12(11)14(17)18/h9-12H,4-8H2,1-3H3,(H,15,16)(H,17,18)/t10?,11-,12+/m1/s1. The van der Waals surface area contributed by atoms with Gasteiger partial charge in [0.2, 0.25) is 5.91 Å². The molecule has 0 radical (unpaired) electrons. The zero-order valence-electron chi connectivity index (χ0n) is 11.6. The summed E-state index contributed by atoms with van der Waals surface area (Å²) in [6, 6.07) is 0. The Morgan fingerprint density at radius 2 is 1.72 bits per heavy atom. The second-order valence-electron chi connectivity index (χ2n) is 5.80. The Labute approximate surface area is 109 Å². The lowest BCUT2D eigenvalue weighted by atomic mass is 9.78. The minimum Gasteiger partial charge on any atom is -0.481 e. The van der Waals surface area contributed by atoms with Gasteiger partial charge in [0.1, 0.15) is 0 Å². The van der Waals surface area contributed by atoms with Gasteiger partial charge in [-0.2, -0.15) is 0 Å². The Bertz CT molecular complexity index is 301. The van der Waals surface area contributed by atoms with Crippen LogP contribution in [0.3, 0.4) is 0 Å². The first kappa shape index (κ1) is 15.0. The maximum absolute atomic E-state index is 12.1. The maximum Gasteiger partial charge on any atom is 0.307 e. The fourth-order valence-corrected chi connectivity index (χ4v) is 2.37. The second-order valence-corrected chi connectivity index (χ2v) is 5.80. The average molecular weight is 255 g/mol. The lowest BCUT2D eigenvalue weighted by molar-refractivity contribution is -0.148. The quantitative estimate of drug-likeness (QED) is 0.792. The van der Waals surface area contributed by atoms with Crippen LogP contribution in [0.4, 0.5) is 0 Å². The fourth-order valence-electron chi connectivity index (χ4n) is 2.37. The van der Waals surface area contributed by atoms with Gasteiger partial charge in [-0.15, -0.1) is 0 Å². The number of rotatable bonds is 5. The van der Waals surface area contributed by atoms with Crippen molar-refractivity contribution >= 4 is 11.9 Å². The lowest BCUT2D eigenvalue weighted by Gasteiger charge is -2.28. The lowest BCUT2D eigenvalue weighted by Crippen LogP contribution is -2.41. The van der Waals surface area contributed by atoms with Gasteiger partial charge in [0, 0.05) is 6.54 Å². The van der Waals surface area contributed by atoms with E-state index in [2.05, 4.69) is 26.1 Å². The van der Waals surface area contributed by atoms with Gasteiger partial charge in [0.05, 0.1) is 11.8 Å². The van der Waals surface area contributed by atoms with Gasteiger partial charge in [-0.1, -0.05) is 33.6 Å². The van der Waals surface area contributed by atoms with Gasteiger partial charge in [0.15, 0.2) is 0 Å². The third kappa shape index (κ3) is 4.00. The summed E-state index contributed by atoms with van der Waals surface area (Å²) in [6.07, 6.45) is 3.22. The Kier molecular flexibility index (Phi) is 5.63. The van der Waals surface area contributed by atoms with Crippen molar-refractivity contribution < 1.29 is 14.7 Å². The highest BCUT2D eigenvalue weighted by molar-refractivity contribution is 5.84. The molecule has 104 valence electrons. The molecule has 1 saturated carbocycles. The van der Waals surface area contributed by atoms with Gasteiger partial charge in [-0.3, -0.25) is 9.59 Å². The molecule has 1 amide bonds. The molecular formula is C14H25NO3. The van der Waals surface area contributed by atoms with Gasteiger partial charge < -0.3 is 10.4 Å².